The second-order valence-corrected chi connectivity index (χ2v) is 3.30. The minimum Gasteiger partial charge on any atom is -0.347 e. The van der Waals surface area contributed by atoms with Gasteiger partial charge in [0.15, 0.2) is 8.38 Å². The van der Waals surface area contributed by atoms with Crippen LogP contribution in [0, 0.1) is 0 Å². The van der Waals surface area contributed by atoms with Gasteiger partial charge in [-0.2, -0.15) is 0 Å². The Morgan fingerprint density at radius 1 is 1.30 bits per heavy atom. The fourth-order valence-electron chi connectivity index (χ4n) is 0.601. The summed E-state index contributed by atoms with van der Waals surface area (Å²) in [7, 11) is -2.00. The third kappa shape index (κ3) is 1.93. The normalized spacial score (nSPS) is 10.4. The van der Waals surface area contributed by atoms with Crippen molar-refractivity contribution in [2.24, 2.45) is 0 Å². The molecule has 0 amide bonds. The van der Waals surface area contributed by atoms with E-state index < -0.39 is 8.38 Å². The van der Waals surface area contributed by atoms with Crippen molar-refractivity contribution < 1.29 is 9.79 Å². The Balaban J connectivity index is 2.96. The third-order valence-corrected chi connectivity index (χ3v) is 2.01. The van der Waals surface area contributed by atoms with E-state index in [1.807, 2.05) is 0 Å². The van der Waals surface area contributed by atoms with E-state index in [0.29, 0.717) is 10.3 Å². The third-order valence-electron chi connectivity index (χ3n) is 1.04. The molecule has 0 aliphatic heterocycles. The van der Waals surface area contributed by atoms with Crippen LogP contribution in [0.3, 0.4) is 0 Å². The van der Waals surface area contributed by atoms with E-state index in [-0.39, 0.29) is 0 Å². The zero-order chi connectivity index (χ0) is 7.56. The zero-order valence-corrected chi connectivity index (χ0v) is 6.68. The van der Waals surface area contributed by atoms with Crippen molar-refractivity contribution in [2.75, 3.05) is 0 Å². The molecule has 54 valence electrons. The van der Waals surface area contributed by atoms with Crippen LogP contribution in [-0.2, 0) is 0 Å². The average Bonchev–Trinajstić information content (AvgIpc) is 1.88. The lowest BCUT2D eigenvalue weighted by Gasteiger charge is -2.00. The van der Waals surface area contributed by atoms with E-state index >= 15 is 0 Å². The van der Waals surface area contributed by atoms with Crippen LogP contribution in [0.25, 0.3) is 0 Å². The highest BCUT2D eigenvalue weighted by Gasteiger charge is 2.01. The molecule has 0 saturated carbocycles. The standard InChI is InChI=1S/C6H6ClO2P/c7-5-2-1-3-6(4-5)10(8)9/h1-4,8-9H. The molecule has 4 heteroatoms. The molecule has 0 bridgehead atoms. The predicted molar refractivity (Wildman–Crippen MR) is 42.4 cm³/mol. The first kappa shape index (κ1) is 7.96. The minimum atomic E-state index is -2.00. The predicted octanol–water partition coefficient (Wildman–Crippen LogP) is 1.26. The molecule has 1 aromatic carbocycles. The summed E-state index contributed by atoms with van der Waals surface area (Å²) in [6.07, 6.45) is 0. The highest BCUT2D eigenvalue weighted by Crippen LogP contribution is 2.22. The smallest absolute Gasteiger partial charge is 0.199 e. The summed E-state index contributed by atoms with van der Waals surface area (Å²) < 4.78 is 0. The Bertz CT molecular complexity index is 227. The van der Waals surface area contributed by atoms with Crippen LogP contribution in [0.4, 0.5) is 0 Å². The van der Waals surface area contributed by atoms with Gasteiger partial charge in [0, 0.05) is 10.3 Å². The fourth-order valence-corrected chi connectivity index (χ4v) is 1.34. The second-order valence-electron chi connectivity index (χ2n) is 1.77. The van der Waals surface area contributed by atoms with E-state index in [0.717, 1.165) is 0 Å². The van der Waals surface area contributed by atoms with Gasteiger partial charge >= 0.3 is 0 Å². The molecule has 0 fully saturated rings. The SMILES string of the molecule is OP(O)c1cccc(Cl)c1. The molecule has 0 radical (unpaired) electrons. The van der Waals surface area contributed by atoms with Gasteiger partial charge in [0.1, 0.15) is 0 Å². The Labute approximate surface area is 65.0 Å². The summed E-state index contributed by atoms with van der Waals surface area (Å²) in [6.45, 7) is 0. The summed E-state index contributed by atoms with van der Waals surface area (Å²) in [4.78, 5) is 17.4. The molecule has 0 unspecified atom stereocenters. The Hall–Kier alpha value is -0.140. The van der Waals surface area contributed by atoms with Crippen LogP contribution in [0.15, 0.2) is 24.3 Å². The lowest BCUT2D eigenvalue weighted by molar-refractivity contribution is 0.497. The summed E-state index contributed by atoms with van der Waals surface area (Å²) >= 11 is 5.58. The van der Waals surface area contributed by atoms with Gasteiger partial charge in [0.25, 0.3) is 0 Å². The number of hydrogen-bond acceptors (Lipinski definition) is 2. The molecule has 1 aromatic rings. The maximum Gasteiger partial charge on any atom is 0.199 e. The average molecular weight is 177 g/mol. The lowest BCUT2D eigenvalue weighted by Crippen LogP contribution is -1.97. The molecule has 0 atom stereocenters. The van der Waals surface area contributed by atoms with Crippen molar-refractivity contribution in [1.82, 2.24) is 0 Å². The second kappa shape index (κ2) is 3.31. The molecular weight excluding hydrogens is 170 g/mol. The van der Waals surface area contributed by atoms with Crippen molar-refractivity contribution in [2.45, 2.75) is 0 Å². The molecule has 1 rings (SSSR count). The Kier molecular flexibility index (Phi) is 2.64. The molecule has 2 N–H and O–H groups in total. The summed E-state index contributed by atoms with van der Waals surface area (Å²) in [5.41, 5.74) is 0. The maximum atomic E-state index is 8.71. The molecule has 2 nitrogen and oxygen atoms in total. The lowest BCUT2D eigenvalue weighted by atomic mass is 10.4. The van der Waals surface area contributed by atoms with Crippen LogP contribution < -0.4 is 5.30 Å². The number of benzene rings is 1. The molecule has 0 aliphatic carbocycles. The van der Waals surface area contributed by atoms with Crippen molar-refractivity contribution in [3.63, 3.8) is 0 Å². The van der Waals surface area contributed by atoms with Crippen LogP contribution in [0.2, 0.25) is 5.02 Å². The summed E-state index contributed by atoms with van der Waals surface area (Å²) in [5.74, 6) is 0. The first-order valence-electron chi connectivity index (χ1n) is 2.63. The number of rotatable bonds is 1. The Morgan fingerprint density at radius 2 is 2.00 bits per heavy atom. The fraction of sp³-hybridized carbons (Fsp3) is 0. The highest BCUT2D eigenvalue weighted by molar-refractivity contribution is 7.54. The van der Waals surface area contributed by atoms with Crippen molar-refractivity contribution in [1.29, 1.82) is 0 Å². The van der Waals surface area contributed by atoms with Gasteiger partial charge in [-0.05, 0) is 18.2 Å². The first-order chi connectivity index (χ1) is 4.70. The van der Waals surface area contributed by atoms with Gasteiger partial charge in [-0.25, -0.2) is 0 Å². The number of halogens is 1. The van der Waals surface area contributed by atoms with Crippen LogP contribution in [0.1, 0.15) is 0 Å². The van der Waals surface area contributed by atoms with E-state index in [9.17, 15) is 0 Å². The van der Waals surface area contributed by atoms with Gasteiger partial charge in [-0.1, -0.05) is 17.7 Å². The summed E-state index contributed by atoms with van der Waals surface area (Å²) in [5, 5.41) is 0.996. The van der Waals surface area contributed by atoms with Crippen molar-refractivity contribution in [3.8, 4) is 0 Å². The van der Waals surface area contributed by atoms with Crippen LogP contribution in [0.5, 0.6) is 0 Å². The van der Waals surface area contributed by atoms with Gasteiger partial charge < -0.3 is 9.79 Å². The largest absolute Gasteiger partial charge is 0.347 e. The Morgan fingerprint density at radius 3 is 2.40 bits per heavy atom. The number of hydrogen-bond donors (Lipinski definition) is 2. The van der Waals surface area contributed by atoms with Crippen molar-refractivity contribution in [3.05, 3.63) is 29.3 Å². The van der Waals surface area contributed by atoms with Gasteiger partial charge in [-0.15, -0.1) is 0 Å². The zero-order valence-electron chi connectivity index (χ0n) is 5.03. The molecule has 0 spiro atoms. The minimum absolute atomic E-state index is 0.475. The summed E-state index contributed by atoms with van der Waals surface area (Å²) in [6, 6.07) is 6.52. The van der Waals surface area contributed by atoms with Gasteiger partial charge in [-0.3, -0.25) is 0 Å². The highest BCUT2D eigenvalue weighted by atomic mass is 35.5. The maximum absolute atomic E-state index is 8.71. The van der Waals surface area contributed by atoms with E-state index in [1.54, 1.807) is 18.2 Å². The molecule has 0 aromatic heterocycles. The van der Waals surface area contributed by atoms with Crippen LogP contribution >= 0.6 is 20.0 Å². The van der Waals surface area contributed by atoms with Gasteiger partial charge in [0.2, 0.25) is 0 Å². The van der Waals surface area contributed by atoms with E-state index in [2.05, 4.69) is 0 Å². The molecule has 10 heavy (non-hydrogen) atoms. The molecule has 0 aliphatic rings. The van der Waals surface area contributed by atoms with E-state index in [1.165, 1.54) is 6.07 Å². The molecule has 0 saturated heterocycles. The van der Waals surface area contributed by atoms with Gasteiger partial charge in [0.05, 0.1) is 0 Å². The first-order valence-corrected chi connectivity index (χ1v) is 4.26. The van der Waals surface area contributed by atoms with E-state index in [4.69, 9.17) is 21.4 Å². The van der Waals surface area contributed by atoms with Crippen molar-refractivity contribution >= 4 is 25.3 Å². The topological polar surface area (TPSA) is 40.5 Å². The monoisotopic (exact) mass is 176 g/mol. The molecule has 0 heterocycles. The van der Waals surface area contributed by atoms with Crippen LogP contribution in [-0.4, -0.2) is 9.79 Å². The quantitative estimate of drug-likeness (QED) is 0.633. The molecular formula is C6H6ClO2P.